The number of hydrogen-bond acceptors (Lipinski definition) is 8. The molecule has 12 heteroatoms. The lowest BCUT2D eigenvalue weighted by molar-refractivity contribution is 0.0589. The van der Waals surface area contributed by atoms with Gasteiger partial charge >= 0.3 is 5.97 Å². The molecule has 5 heterocycles. The third-order valence-corrected chi connectivity index (χ3v) is 12.6. The molecule has 0 N–H and O–H groups in total. The molecule has 4 aromatic heterocycles. The van der Waals surface area contributed by atoms with E-state index in [1.54, 1.807) is 35.8 Å². The first-order valence-electron chi connectivity index (χ1n) is 17.0. The zero-order valence-electron chi connectivity index (χ0n) is 28.5. The standard InChI is InChI=1S/C38H37FN6O3S2/c1-21-32-30(45(41-21)38-16-23(38)17-38)20-49-18-24-14-25(44(3)42-24)19-50-26-13-22-7-5-11-40-34(22)31(15-26)48-12-6-8-27-28-9-10-29(39)33(32)35(28)43(2)36(27)37(46)47-4/h5,7,9-11,13-15,23H,6,8,12,16-20H2,1-4H3. The summed E-state index contributed by atoms with van der Waals surface area (Å²) in [6.07, 6.45) is 5.19. The number of nitrogens with zero attached hydrogens (tertiary/aromatic N) is 6. The number of aromatic nitrogens is 6. The van der Waals surface area contributed by atoms with E-state index >= 15 is 4.39 Å². The Morgan fingerprint density at radius 3 is 2.72 bits per heavy atom. The van der Waals surface area contributed by atoms with Crippen molar-refractivity contribution in [3.8, 4) is 16.9 Å². The van der Waals surface area contributed by atoms with E-state index < -0.39 is 5.97 Å². The second kappa shape index (κ2) is 11.9. The van der Waals surface area contributed by atoms with E-state index in [1.807, 2.05) is 36.3 Å². The van der Waals surface area contributed by atoms with Crippen LogP contribution in [0.4, 0.5) is 4.39 Å². The maximum Gasteiger partial charge on any atom is 0.354 e. The second-order valence-electron chi connectivity index (χ2n) is 13.7. The summed E-state index contributed by atoms with van der Waals surface area (Å²) in [5, 5.41) is 11.8. The Morgan fingerprint density at radius 2 is 1.92 bits per heavy atom. The first kappa shape index (κ1) is 31.7. The predicted octanol–water partition coefficient (Wildman–Crippen LogP) is 7.73. The number of hydrogen-bond donors (Lipinski definition) is 0. The summed E-state index contributed by atoms with van der Waals surface area (Å²) in [6, 6.07) is 13.7. The first-order chi connectivity index (χ1) is 24.3. The first-order valence-corrected chi connectivity index (χ1v) is 19.1. The van der Waals surface area contributed by atoms with Crippen molar-refractivity contribution in [1.82, 2.24) is 29.1 Å². The molecular weight excluding hydrogens is 672 g/mol. The van der Waals surface area contributed by atoms with Gasteiger partial charge in [0.1, 0.15) is 22.8 Å². The average molecular weight is 709 g/mol. The van der Waals surface area contributed by atoms with E-state index in [0.29, 0.717) is 53.6 Å². The number of fused-ring (bicyclic) bond motifs is 9. The monoisotopic (exact) mass is 708 g/mol. The Labute approximate surface area is 297 Å². The van der Waals surface area contributed by atoms with E-state index in [2.05, 4.69) is 33.9 Å². The molecule has 3 aliphatic rings. The highest BCUT2D eigenvalue weighted by Gasteiger charge is 2.72. The van der Waals surface area contributed by atoms with E-state index in [4.69, 9.17) is 19.7 Å². The van der Waals surface area contributed by atoms with E-state index in [9.17, 15) is 4.79 Å². The lowest BCUT2D eigenvalue weighted by Crippen LogP contribution is -2.13. The number of esters is 1. The molecule has 9 nitrogen and oxygen atoms in total. The molecular formula is C38H37FN6O3S2. The van der Waals surface area contributed by atoms with Gasteiger partial charge in [0, 0.05) is 70.0 Å². The van der Waals surface area contributed by atoms with Crippen LogP contribution in [0.3, 0.4) is 0 Å². The van der Waals surface area contributed by atoms with Gasteiger partial charge in [-0.15, -0.1) is 23.5 Å². The normalized spacial score (nSPS) is 20.2. The van der Waals surface area contributed by atoms with Crippen molar-refractivity contribution in [3.05, 3.63) is 88.5 Å². The molecule has 0 unspecified atom stereocenters. The lowest BCUT2D eigenvalue weighted by atomic mass is 9.98. The van der Waals surface area contributed by atoms with Gasteiger partial charge in [0.25, 0.3) is 0 Å². The summed E-state index contributed by atoms with van der Waals surface area (Å²) in [5.41, 5.74) is 8.10. The number of carbonyl (C=O) groups is 1. The Kier molecular flexibility index (Phi) is 7.54. The minimum absolute atomic E-state index is 0.0679. The van der Waals surface area contributed by atoms with Crippen molar-refractivity contribution in [2.75, 3.05) is 13.7 Å². The lowest BCUT2D eigenvalue weighted by Gasteiger charge is -2.14. The Balaban J connectivity index is 1.19. The predicted molar refractivity (Wildman–Crippen MR) is 194 cm³/mol. The summed E-state index contributed by atoms with van der Waals surface area (Å²) in [7, 11) is 5.22. The Bertz CT molecular complexity index is 2350. The largest absolute Gasteiger partial charge is 0.491 e. The number of halogens is 1. The van der Waals surface area contributed by atoms with Crippen LogP contribution in [0.25, 0.3) is 32.9 Å². The van der Waals surface area contributed by atoms with E-state index in [1.165, 1.54) is 13.2 Å². The van der Waals surface area contributed by atoms with Gasteiger partial charge < -0.3 is 14.0 Å². The molecule has 1 aliphatic heterocycles. The highest BCUT2D eigenvalue weighted by Crippen LogP contribution is 2.73. The van der Waals surface area contributed by atoms with Gasteiger partial charge in [0.15, 0.2) is 0 Å². The molecule has 2 fully saturated rings. The van der Waals surface area contributed by atoms with Gasteiger partial charge in [-0.1, -0.05) is 6.07 Å². The number of rotatable bonds is 2. The molecule has 0 spiro atoms. The second-order valence-corrected chi connectivity index (χ2v) is 15.7. The zero-order valence-corrected chi connectivity index (χ0v) is 30.1. The van der Waals surface area contributed by atoms with E-state index in [-0.39, 0.29) is 11.4 Å². The van der Waals surface area contributed by atoms with E-state index in [0.717, 1.165) is 79.4 Å². The molecule has 2 aromatic carbocycles. The molecule has 0 saturated heterocycles. The van der Waals surface area contributed by atoms with Crippen molar-refractivity contribution >= 4 is 51.3 Å². The van der Waals surface area contributed by atoms with Crippen molar-refractivity contribution in [2.45, 2.75) is 60.3 Å². The minimum atomic E-state index is -0.448. The van der Waals surface area contributed by atoms with Crippen molar-refractivity contribution in [2.24, 2.45) is 20.0 Å². The average Bonchev–Trinajstić information content (AvgIpc) is 3.87. The quantitative estimate of drug-likeness (QED) is 0.169. The molecule has 0 amide bonds. The number of benzene rings is 2. The van der Waals surface area contributed by atoms with Crippen LogP contribution in [0.5, 0.6) is 5.75 Å². The molecule has 256 valence electrons. The number of thioether (sulfide) groups is 2. The number of methoxy groups -OCH3 is 1. The van der Waals surface area contributed by atoms with Crippen LogP contribution in [0.1, 0.15) is 58.1 Å². The van der Waals surface area contributed by atoms with Crippen molar-refractivity contribution in [1.29, 1.82) is 0 Å². The van der Waals surface area contributed by atoms with Crippen LogP contribution in [0, 0.1) is 18.7 Å². The molecule has 50 heavy (non-hydrogen) atoms. The zero-order chi connectivity index (χ0) is 34.3. The van der Waals surface area contributed by atoms with Gasteiger partial charge in [-0.05, 0) is 80.5 Å². The fourth-order valence-corrected chi connectivity index (χ4v) is 9.71. The van der Waals surface area contributed by atoms with Crippen LogP contribution in [0.2, 0.25) is 0 Å². The summed E-state index contributed by atoms with van der Waals surface area (Å²) in [5.74, 6) is 2.73. The fraction of sp³-hybridized carbons (Fsp3) is 0.368. The number of carbonyl (C=O) groups excluding carboxylic acids is 1. The van der Waals surface area contributed by atoms with Gasteiger partial charge in [0.2, 0.25) is 0 Å². The number of pyridine rings is 1. The SMILES string of the molecule is COC(=O)c1c2c3ccc(F)c(c3n1C)-c1c(C)nn(C34CC3C4)c1CSCc1cc(n(C)n1)CSc1cc(c3ncccc3c1)OCCC2. The van der Waals surface area contributed by atoms with Crippen LogP contribution in [-0.4, -0.2) is 48.8 Å². The molecule has 0 atom stereocenters. The number of ether oxygens (including phenoxy) is 2. The summed E-state index contributed by atoms with van der Waals surface area (Å²) >= 11 is 3.52. The number of aryl methyl sites for hydroxylation is 4. The smallest absolute Gasteiger partial charge is 0.354 e. The van der Waals surface area contributed by atoms with Crippen molar-refractivity contribution in [3.63, 3.8) is 0 Å². The Morgan fingerprint density at radius 1 is 1.08 bits per heavy atom. The topological polar surface area (TPSA) is 89.0 Å². The van der Waals surface area contributed by atoms with Gasteiger partial charge in [-0.25, -0.2) is 9.18 Å². The molecule has 0 radical (unpaired) electrons. The van der Waals surface area contributed by atoms with Crippen LogP contribution in [0.15, 0.2) is 53.6 Å². The molecule has 2 aliphatic carbocycles. The van der Waals surface area contributed by atoms with Crippen LogP contribution in [-0.2, 0) is 48.1 Å². The maximum absolute atomic E-state index is 16.4. The van der Waals surface area contributed by atoms with Gasteiger partial charge in [-0.2, -0.15) is 10.2 Å². The Hall–Kier alpha value is -4.29. The van der Waals surface area contributed by atoms with Gasteiger partial charge in [-0.3, -0.25) is 14.3 Å². The minimum Gasteiger partial charge on any atom is -0.491 e. The van der Waals surface area contributed by atoms with Crippen molar-refractivity contribution < 1.29 is 18.7 Å². The highest BCUT2D eigenvalue weighted by molar-refractivity contribution is 7.98. The summed E-state index contributed by atoms with van der Waals surface area (Å²) < 4.78 is 34.1. The van der Waals surface area contributed by atoms with Crippen LogP contribution >= 0.6 is 23.5 Å². The maximum atomic E-state index is 16.4. The summed E-state index contributed by atoms with van der Waals surface area (Å²) in [4.78, 5) is 19.1. The van der Waals surface area contributed by atoms with Gasteiger partial charge in [0.05, 0.1) is 41.9 Å². The third kappa shape index (κ3) is 5.05. The van der Waals surface area contributed by atoms with Crippen LogP contribution < -0.4 is 4.74 Å². The summed E-state index contributed by atoms with van der Waals surface area (Å²) in [6.45, 7) is 2.39. The molecule has 2 saturated carbocycles. The third-order valence-electron chi connectivity index (χ3n) is 10.6. The molecule has 8 bridgehead atoms. The molecule has 6 aromatic rings. The fourth-order valence-electron chi connectivity index (χ4n) is 7.82. The highest BCUT2D eigenvalue weighted by atomic mass is 32.2. The molecule has 9 rings (SSSR count).